The van der Waals surface area contributed by atoms with Crippen LogP contribution in [0.2, 0.25) is 0 Å². The first-order valence-corrected chi connectivity index (χ1v) is 6.18. The van der Waals surface area contributed by atoms with Gasteiger partial charge < -0.3 is 15.1 Å². The fraction of sp³-hybridized carbons (Fsp3) is 0.462. The number of anilines is 2. The summed E-state index contributed by atoms with van der Waals surface area (Å²) in [6, 6.07) is 3.58. The summed E-state index contributed by atoms with van der Waals surface area (Å²) in [7, 11) is 2.03. The third kappa shape index (κ3) is 1.85. The first-order chi connectivity index (χ1) is 8.54. The van der Waals surface area contributed by atoms with Crippen LogP contribution < -0.4 is 16.4 Å². The summed E-state index contributed by atoms with van der Waals surface area (Å²) in [5.41, 5.74) is 8.80. The van der Waals surface area contributed by atoms with Gasteiger partial charge in [-0.2, -0.15) is 0 Å². The third-order valence-corrected chi connectivity index (χ3v) is 3.76. The summed E-state index contributed by atoms with van der Waals surface area (Å²) in [6.07, 6.45) is 1.29. The molecule has 0 aliphatic heterocycles. The summed E-state index contributed by atoms with van der Waals surface area (Å²) in [6.45, 7) is 3.26. The highest BCUT2D eigenvalue weighted by Crippen LogP contribution is 2.39. The van der Waals surface area contributed by atoms with Crippen LogP contribution in [0, 0.1) is 11.8 Å². The zero-order chi connectivity index (χ0) is 12.9. The second-order valence-corrected chi connectivity index (χ2v) is 5.28. The number of fused-ring (bicyclic) bond motifs is 1. The van der Waals surface area contributed by atoms with Crippen LogP contribution in [0.3, 0.4) is 0 Å². The first-order valence-electron chi connectivity index (χ1n) is 6.18. The second kappa shape index (κ2) is 3.80. The molecule has 1 aliphatic rings. The minimum atomic E-state index is -0.444. The van der Waals surface area contributed by atoms with E-state index in [4.69, 9.17) is 10.2 Å². The summed E-state index contributed by atoms with van der Waals surface area (Å²) >= 11 is 0. The lowest BCUT2D eigenvalue weighted by atomic mass is 10.2. The number of H-pyrrole nitrogens is 1. The van der Waals surface area contributed by atoms with Crippen LogP contribution in [-0.4, -0.2) is 18.6 Å². The maximum Gasteiger partial charge on any atom is 0.417 e. The van der Waals surface area contributed by atoms with Gasteiger partial charge in [0.05, 0.1) is 16.9 Å². The van der Waals surface area contributed by atoms with Crippen LogP contribution >= 0.6 is 0 Å². The third-order valence-electron chi connectivity index (χ3n) is 3.76. The highest BCUT2D eigenvalue weighted by Gasteiger charge is 2.33. The molecule has 1 fully saturated rings. The fourth-order valence-electron chi connectivity index (χ4n) is 2.44. The van der Waals surface area contributed by atoms with E-state index in [9.17, 15) is 4.79 Å². The molecule has 2 unspecified atom stereocenters. The Hall–Kier alpha value is -1.91. The van der Waals surface area contributed by atoms with Crippen molar-refractivity contribution in [3.05, 3.63) is 22.7 Å². The number of oxazole rings is 1. The average Bonchev–Trinajstić information content (AvgIpc) is 2.85. The number of nitrogens with one attached hydrogen (secondary N) is 1. The topological polar surface area (TPSA) is 75.3 Å². The largest absolute Gasteiger partial charge is 0.417 e. The van der Waals surface area contributed by atoms with Crippen molar-refractivity contribution in [3.63, 3.8) is 0 Å². The molecular weight excluding hydrogens is 230 g/mol. The number of benzene rings is 1. The number of aromatic amines is 1. The van der Waals surface area contributed by atoms with Crippen molar-refractivity contribution in [2.45, 2.75) is 13.3 Å². The zero-order valence-electron chi connectivity index (χ0n) is 10.6. The van der Waals surface area contributed by atoms with Gasteiger partial charge in [0.1, 0.15) is 0 Å². The molecule has 0 spiro atoms. The molecular formula is C13H17N3O2. The van der Waals surface area contributed by atoms with Crippen molar-refractivity contribution in [1.82, 2.24) is 4.98 Å². The Morgan fingerprint density at radius 2 is 2.28 bits per heavy atom. The maximum atomic E-state index is 11.1. The Bertz CT molecular complexity index is 643. The number of nitrogens with zero attached hydrogens (tertiary/aromatic N) is 1. The molecule has 3 rings (SSSR count). The van der Waals surface area contributed by atoms with Crippen LogP contribution in [0.25, 0.3) is 11.1 Å². The van der Waals surface area contributed by atoms with Gasteiger partial charge in [-0.15, -0.1) is 0 Å². The molecule has 5 nitrogen and oxygen atoms in total. The fourth-order valence-corrected chi connectivity index (χ4v) is 2.44. The van der Waals surface area contributed by atoms with E-state index in [1.807, 2.05) is 13.1 Å². The molecule has 2 atom stereocenters. The van der Waals surface area contributed by atoms with Crippen molar-refractivity contribution in [2.24, 2.45) is 11.8 Å². The van der Waals surface area contributed by atoms with Crippen LogP contribution in [-0.2, 0) is 0 Å². The number of nitrogens with two attached hydrogens (primary N) is 1. The lowest BCUT2D eigenvalue weighted by molar-refractivity contribution is 0.555. The molecule has 1 heterocycles. The predicted octanol–water partition coefficient (Wildman–Crippen LogP) is 1.80. The number of hydrogen-bond acceptors (Lipinski definition) is 4. The quantitative estimate of drug-likeness (QED) is 0.811. The highest BCUT2D eigenvalue weighted by atomic mass is 16.4. The van der Waals surface area contributed by atoms with Gasteiger partial charge in [-0.3, -0.25) is 4.98 Å². The molecule has 0 bridgehead atoms. The molecule has 0 saturated heterocycles. The Morgan fingerprint density at radius 3 is 2.94 bits per heavy atom. The van der Waals surface area contributed by atoms with Crippen molar-refractivity contribution in [3.8, 4) is 0 Å². The molecule has 5 heteroatoms. The number of rotatable bonds is 3. The highest BCUT2D eigenvalue weighted by molar-refractivity contribution is 5.85. The Balaban J connectivity index is 1.94. The van der Waals surface area contributed by atoms with Gasteiger partial charge in [0.25, 0.3) is 0 Å². The smallest absolute Gasteiger partial charge is 0.408 e. The van der Waals surface area contributed by atoms with Crippen molar-refractivity contribution in [1.29, 1.82) is 0 Å². The van der Waals surface area contributed by atoms with E-state index in [0.717, 1.165) is 24.1 Å². The zero-order valence-corrected chi connectivity index (χ0v) is 10.6. The van der Waals surface area contributed by atoms with Crippen molar-refractivity contribution >= 4 is 22.5 Å². The van der Waals surface area contributed by atoms with Crippen molar-refractivity contribution in [2.75, 3.05) is 24.2 Å². The lowest BCUT2D eigenvalue weighted by Crippen LogP contribution is -2.21. The number of aromatic nitrogens is 1. The molecule has 2 aromatic rings. The van der Waals surface area contributed by atoms with Crippen LogP contribution in [0.5, 0.6) is 0 Å². The van der Waals surface area contributed by atoms with Crippen molar-refractivity contribution < 1.29 is 4.42 Å². The van der Waals surface area contributed by atoms with E-state index in [1.54, 1.807) is 6.07 Å². The molecule has 1 aromatic heterocycles. The maximum absolute atomic E-state index is 11.1. The molecule has 1 saturated carbocycles. The Morgan fingerprint density at radius 1 is 1.56 bits per heavy atom. The van der Waals surface area contributed by atoms with Gasteiger partial charge >= 0.3 is 5.76 Å². The second-order valence-electron chi connectivity index (χ2n) is 5.28. The van der Waals surface area contributed by atoms with E-state index in [0.29, 0.717) is 16.8 Å². The molecule has 1 aliphatic carbocycles. The SMILES string of the molecule is CC1CC1CN(C)c1cc2[nH]c(=O)oc2cc1N. The predicted molar refractivity (Wildman–Crippen MR) is 71.8 cm³/mol. The molecule has 3 N–H and O–H groups in total. The summed E-state index contributed by atoms with van der Waals surface area (Å²) in [5.74, 6) is 1.12. The monoisotopic (exact) mass is 247 g/mol. The van der Waals surface area contributed by atoms with E-state index in [1.165, 1.54) is 6.42 Å². The molecule has 96 valence electrons. The average molecular weight is 247 g/mol. The summed E-state index contributed by atoms with van der Waals surface area (Å²) < 4.78 is 4.98. The Labute approximate surface area is 105 Å². The lowest BCUT2D eigenvalue weighted by Gasteiger charge is -2.21. The summed E-state index contributed by atoms with van der Waals surface area (Å²) in [4.78, 5) is 15.9. The van der Waals surface area contributed by atoms with Crippen LogP contribution in [0.15, 0.2) is 21.3 Å². The van der Waals surface area contributed by atoms with Crippen LogP contribution in [0.1, 0.15) is 13.3 Å². The molecule has 0 radical (unpaired) electrons. The Kier molecular flexibility index (Phi) is 2.36. The summed E-state index contributed by atoms with van der Waals surface area (Å²) in [5, 5.41) is 0. The van der Waals surface area contributed by atoms with Gasteiger partial charge in [-0.25, -0.2) is 4.79 Å². The van der Waals surface area contributed by atoms with Gasteiger partial charge in [-0.1, -0.05) is 6.92 Å². The molecule has 1 aromatic carbocycles. The van der Waals surface area contributed by atoms with E-state index in [2.05, 4.69) is 16.8 Å². The number of hydrogen-bond donors (Lipinski definition) is 2. The normalized spacial score (nSPS) is 22.3. The van der Waals surface area contributed by atoms with E-state index in [-0.39, 0.29) is 0 Å². The first kappa shape index (κ1) is 11.2. The van der Waals surface area contributed by atoms with Gasteiger partial charge in [-0.05, 0) is 24.3 Å². The van der Waals surface area contributed by atoms with Gasteiger partial charge in [0.15, 0.2) is 5.58 Å². The molecule has 18 heavy (non-hydrogen) atoms. The van der Waals surface area contributed by atoms with E-state index < -0.39 is 5.76 Å². The van der Waals surface area contributed by atoms with Crippen LogP contribution in [0.4, 0.5) is 11.4 Å². The van der Waals surface area contributed by atoms with Gasteiger partial charge in [0.2, 0.25) is 0 Å². The standard InChI is InChI=1S/C13H17N3O2/c1-7-3-8(7)6-16(2)11-5-10-12(4-9(11)14)18-13(17)15-10/h4-5,7-8H,3,6,14H2,1-2H3,(H,15,17). The minimum absolute atomic E-state index is 0.444. The van der Waals surface area contributed by atoms with Gasteiger partial charge in [0, 0.05) is 19.7 Å². The van der Waals surface area contributed by atoms with E-state index >= 15 is 0 Å². The number of nitrogen functional groups attached to an aromatic ring is 1. The minimum Gasteiger partial charge on any atom is -0.408 e. The molecule has 0 amide bonds.